The summed E-state index contributed by atoms with van der Waals surface area (Å²) in [5.74, 6) is -3.97. The van der Waals surface area contributed by atoms with E-state index in [2.05, 4.69) is 85.1 Å². The average molecular weight is 1320 g/mol. The molecule has 1 aliphatic rings. The van der Waals surface area contributed by atoms with Crippen LogP contribution in [0.4, 0.5) is 0 Å². The molecule has 8 unspecified atom stereocenters. The Kier molecular flexibility index (Phi) is 49.6. The van der Waals surface area contributed by atoms with Gasteiger partial charge in [-0.25, -0.2) is 0 Å². The SMILES string of the molecule is CNCCCCC(NC)C(=O)NCCCCC(NC(=O)C(CCCCNC)NC)C(=O)NCCCCC(NC(=O)C(CCCCNC(=O)C(CCCCNC)NC)NC(=O)C(CCCCNC)NC)C(=O)NC(CCCCNC(=O)CCCN1C(=O)C=CC1=O)C(C)=O. The third kappa shape index (κ3) is 38.8. The third-order valence-corrected chi connectivity index (χ3v) is 16.6. The van der Waals surface area contributed by atoms with Gasteiger partial charge in [0, 0.05) is 51.3 Å². The molecule has 28 nitrogen and oxygen atoms in total. The summed E-state index contributed by atoms with van der Waals surface area (Å²) >= 11 is 0. The largest absolute Gasteiger partial charge is 0.356 e. The molecule has 10 amide bonds. The van der Waals surface area contributed by atoms with Gasteiger partial charge in [0.2, 0.25) is 47.3 Å². The standard InChI is InChI=1S/C65H123N17O11/c1-47(83)48(27-14-22-42-74-56(84)35-26-46-82-57(85)36-37-58(82)86)78-64(92)54(81-65(93)55(80-63(91)52(73-9)31-13-21-41-69-5)34-16-24-44-76-60(88)50(71-7)29-11-19-39-67-3)33-17-25-45-77-61(89)53(79-62(90)51(72-8)30-12-20-40-68-4)32-15-23-43-75-59(87)49(70-6)28-10-18-38-66-2/h36-37,48-55,66-73H,10-35,38-46H2,1-9H3,(H,74,84)(H,75,87)(H,76,88)(H,77,89)(H,78,92)(H,79,90)(H,80,91)(H,81,93). The van der Waals surface area contributed by atoms with Crippen LogP contribution in [0, 0.1) is 0 Å². The number of amides is 10. The first-order chi connectivity index (χ1) is 44.8. The smallest absolute Gasteiger partial charge is 0.253 e. The number of hydrogen-bond donors (Lipinski definition) is 16. The minimum Gasteiger partial charge on any atom is -0.356 e. The Hall–Kier alpha value is -6.01. The van der Waals surface area contributed by atoms with Gasteiger partial charge in [-0.15, -0.1) is 0 Å². The topological polar surface area (TPSA) is 383 Å². The van der Waals surface area contributed by atoms with E-state index in [-0.39, 0.29) is 92.7 Å². The van der Waals surface area contributed by atoms with Gasteiger partial charge in [0.05, 0.1) is 30.2 Å². The average Bonchev–Trinajstić information content (AvgIpc) is 3.15. The number of carbonyl (C=O) groups excluding carboxylic acids is 11. The normalized spacial score (nSPS) is 14.7. The molecule has 1 aliphatic heterocycles. The van der Waals surface area contributed by atoms with Gasteiger partial charge in [0.15, 0.2) is 5.78 Å². The fraction of sp³-hybridized carbons (Fsp3) is 0.800. The molecule has 0 saturated heterocycles. The molecule has 0 aromatic carbocycles. The van der Waals surface area contributed by atoms with Gasteiger partial charge in [0.1, 0.15) is 18.1 Å². The van der Waals surface area contributed by atoms with Gasteiger partial charge < -0.3 is 85.1 Å². The van der Waals surface area contributed by atoms with Crippen LogP contribution >= 0.6 is 0 Å². The molecule has 0 fully saturated rings. The van der Waals surface area contributed by atoms with Crippen LogP contribution in [0.3, 0.4) is 0 Å². The highest BCUT2D eigenvalue weighted by Crippen LogP contribution is 2.13. The van der Waals surface area contributed by atoms with Crippen molar-refractivity contribution < 1.29 is 52.7 Å². The first-order valence-electron chi connectivity index (χ1n) is 34.5. The van der Waals surface area contributed by atoms with Crippen LogP contribution in [0.1, 0.15) is 174 Å². The number of likely N-dealkylation sites (N-methyl/N-ethyl adjacent to an activating group) is 4. The molecule has 8 atom stereocenters. The van der Waals surface area contributed by atoms with Crippen LogP contribution in [-0.4, -0.2) is 233 Å². The fourth-order valence-electron chi connectivity index (χ4n) is 10.8. The molecule has 0 aromatic rings. The molecular formula is C65H123N17O11. The highest BCUT2D eigenvalue weighted by molar-refractivity contribution is 6.12. The van der Waals surface area contributed by atoms with Gasteiger partial charge in [-0.05, 0) is 224 Å². The maximum atomic E-state index is 14.6. The monoisotopic (exact) mass is 1320 g/mol. The van der Waals surface area contributed by atoms with Gasteiger partial charge in [-0.2, -0.15) is 0 Å². The maximum absolute atomic E-state index is 14.6. The number of nitrogens with zero attached hydrogens (tertiary/aromatic N) is 1. The molecule has 0 aliphatic carbocycles. The Bertz CT molecular complexity index is 2190. The van der Waals surface area contributed by atoms with E-state index < -0.39 is 65.8 Å². The molecule has 1 rings (SSSR count). The van der Waals surface area contributed by atoms with E-state index in [0.29, 0.717) is 103 Å². The Labute approximate surface area is 555 Å². The molecule has 0 aromatic heterocycles. The van der Waals surface area contributed by atoms with E-state index in [9.17, 15) is 52.7 Å². The molecule has 16 N–H and O–H groups in total. The van der Waals surface area contributed by atoms with Gasteiger partial charge in [0.25, 0.3) is 11.8 Å². The summed E-state index contributed by atoms with van der Waals surface area (Å²) in [5, 5.41) is 48.3. The van der Waals surface area contributed by atoms with E-state index in [0.717, 1.165) is 82.4 Å². The quantitative estimate of drug-likeness (QED) is 0.0264. The lowest BCUT2D eigenvalue weighted by Crippen LogP contribution is -2.57. The van der Waals surface area contributed by atoms with Crippen LogP contribution < -0.4 is 85.1 Å². The summed E-state index contributed by atoms with van der Waals surface area (Å²) in [6.07, 6.45) is 16.4. The van der Waals surface area contributed by atoms with Crippen molar-refractivity contribution in [3.05, 3.63) is 12.2 Å². The van der Waals surface area contributed by atoms with Crippen LogP contribution in [0.15, 0.2) is 12.2 Å². The first kappa shape index (κ1) is 85.0. The number of hydrogen-bond acceptors (Lipinski definition) is 19. The Balaban J connectivity index is 3.38. The molecule has 0 bridgehead atoms. The van der Waals surface area contributed by atoms with E-state index in [1.54, 1.807) is 28.2 Å². The minimum atomic E-state index is -1.19. The number of imide groups is 1. The third-order valence-electron chi connectivity index (χ3n) is 16.6. The van der Waals surface area contributed by atoms with Crippen molar-refractivity contribution in [2.45, 2.75) is 222 Å². The molecular weight excluding hydrogens is 1190 g/mol. The molecule has 0 radical (unpaired) electrons. The molecule has 93 heavy (non-hydrogen) atoms. The number of ketones is 1. The zero-order valence-electron chi connectivity index (χ0n) is 58.0. The van der Waals surface area contributed by atoms with Crippen LogP contribution in [0.2, 0.25) is 0 Å². The Morgan fingerprint density at radius 2 is 0.559 bits per heavy atom. The summed E-state index contributed by atoms with van der Waals surface area (Å²) in [6.45, 7) is 5.94. The lowest BCUT2D eigenvalue weighted by Gasteiger charge is -2.26. The lowest BCUT2D eigenvalue weighted by atomic mass is 10.0. The number of Topliss-reactive ketones (excluding diaryl/α,β-unsaturated/α-hetero) is 1. The number of carbonyl (C=O) groups is 11. The highest BCUT2D eigenvalue weighted by atomic mass is 16.2. The summed E-state index contributed by atoms with van der Waals surface area (Å²) in [6, 6.07) is -5.94. The summed E-state index contributed by atoms with van der Waals surface area (Å²) in [4.78, 5) is 147. The molecule has 0 spiro atoms. The number of nitrogens with one attached hydrogen (secondary N) is 16. The number of rotatable bonds is 60. The van der Waals surface area contributed by atoms with Crippen LogP contribution in [-0.2, 0) is 52.7 Å². The van der Waals surface area contributed by atoms with Crippen molar-refractivity contribution in [3.63, 3.8) is 0 Å². The number of unbranched alkanes of at least 4 members (excludes halogenated alkanes) is 8. The first-order valence-corrected chi connectivity index (χ1v) is 34.5. The van der Waals surface area contributed by atoms with E-state index in [1.165, 1.54) is 19.1 Å². The Morgan fingerprint density at radius 1 is 0.312 bits per heavy atom. The highest BCUT2D eigenvalue weighted by Gasteiger charge is 2.31. The summed E-state index contributed by atoms with van der Waals surface area (Å²) in [7, 11) is 14.4. The molecule has 1 heterocycles. The van der Waals surface area contributed by atoms with Gasteiger partial charge in [-0.3, -0.25) is 57.6 Å². The zero-order chi connectivity index (χ0) is 69.0. The predicted molar refractivity (Wildman–Crippen MR) is 363 cm³/mol. The van der Waals surface area contributed by atoms with E-state index >= 15 is 0 Å². The summed E-state index contributed by atoms with van der Waals surface area (Å²) < 4.78 is 0. The lowest BCUT2D eigenvalue weighted by molar-refractivity contribution is -0.137. The van der Waals surface area contributed by atoms with Crippen molar-refractivity contribution in [2.75, 3.05) is 115 Å². The minimum absolute atomic E-state index is 0.0766. The van der Waals surface area contributed by atoms with Crippen LogP contribution in [0.25, 0.3) is 0 Å². The zero-order valence-corrected chi connectivity index (χ0v) is 58.0. The van der Waals surface area contributed by atoms with Crippen molar-refractivity contribution in [2.24, 2.45) is 0 Å². The summed E-state index contributed by atoms with van der Waals surface area (Å²) in [5.41, 5.74) is 0. The van der Waals surface area contributed by atoms with Crippen molar-refractivity contribution in [1.82, 2.24) is 90.0 Å². The van der Waals surface area contributed by atoms with E-state index in [1.807, 2.05) is 28.2 Å². The maximum Gasteiger partial charge on any atom is 0.253 e. The van der Waals surface area contributed by atoms with Crippen LogP contribution in [0.5, 0.6) is 0 Å². The second-order valence-corrected chi connectivity index (χ2v) is 24.1. The Morgan fingerprint density at radius 3 is 0.871 bits per heavy atom. The van der Waals surface area contributed by atoms with Crippen molar-refractivity contribution in [1.29, 1.82) is 0 Å². The second kappa shape index (κ2) is 54.3. The predicted octanol–water partition coefficient (Wildman–Crippen LogP) is -0.723. The van der Waals surface area contributed by atoms with Gasteiger partial charge >= 0.3 is 0 Å². The molecule has 28 heteroatoms. The molecule has 534 valence electrons. The fourth-order valence-corrected chi connectivity index (χ4v) is 10.8. The van der Waals surface area contributed by atoms with E-state index in [4.69, 9.17) is 0 Å². The van der Waals surface area contributed by atoms with Crippen molar-refractivity contribution in [3.8, 4) is 0 Å². The van der Waals surface area contributed by atoms with Crippen molar-refractivity contribution >= 4 is 64.9 Å². The van der Waals surface area contributed by atoms with Gasteiger partial charge in [-0.1, -0.05) is 25.7 Å². The molecule has 0 saturated carbocycles. The second-order valence-electron chi connectivity index (χ2n) is 24.1.